The number of rotatable bonds is 8. The van der Waals surface area contributed by atoms with Gasteiger partial charge in [0.2, 0.25) is 5.91 Å². The molecule has 0 aromatic heterocycles. The topological polar surface area (TPSA) is 91.0 Å². The van der Waals surface area contributed by atoms with E-state index in [0.717, 1.165) is 5.56 Å². The van der Waals surface area contributed by atoms with E-state index in [2.05, 4.69) is 10.6 Å². The van der Waals surface area contributed by atoms with Gasteiger partial charge in [0.05, 0.1) is 23.9 Å². The first-order valence-corrected chi connectivity index (χ1v) is 12.5. The predicted molar refractivity (Wildman–Crippen MR) is 137 cm³/mol. The zero-order chi connectivity index (χ0) is 26.0. The van der Waals surface area contributed by atoms with Crippen LogP contribution in [0.4, 0.5) is 4.79 Å². The summed E-state index contributed by atoms with van der Waals surface area (Å²) in [5.74, 6) is 0.768. The van der Waals surface area contributed by atoms with Crippen molar-refractivity contribution in [1.29, 1.82) is 0 Å². The molecule has 2 aliphatic rings. The first-order valence-electron chi connectivity index (χ1n) is 12.5. The van der Waals surface area contributed by atoms with Gasteiger partial charge < -0.3 is 20.3 Å². The molecule has 2 atom stereocenters. The fourth-order valence-electron chi connectivity index (χ4n) is 4.88. The van der Waals surface area contributed by atoms with Gasteiger partial charge in [-0.25, -0.2) is 4.79 Å². The third kappa shape index (κ3) is 4.94. The van der Waals surface area contributed by atoms with Crippen LogP contribution in [0.25, 0.3) is 0 Å². The number of hydrogen-bond donors (Lipinski definition) is 2. The third-order valence-electron chi connectivity index (χ3n) is 6.40. The fraction of sp³-hybridized carbons (Fsp3) is 0.393. The van der Waals surface area contributed by atoms with Gasteiger partial charge in [0.15, 0.2) is 0 Å². The second-order valence-corrected chi connectivity index (χ2v) is 9.76. The van der Waals surface area contributed by atoms with E-state index >= 15 is 0 Å². The van der Waals surface area contributed by atoms with Crippen LogP contribution < -0.4 is 15.4 Å². The first-order chi connectivity index (χ1) is 17.2. The number of likely N-dealkylation sites (N-methyl/N-ethyl adjacent to an activating group) is 1. The summed E-state index contributed by atoms with van der Waals surface area (Å²) in [5.41, 5.74) is 1.88. The summed E-state index contributed by atoms with van der Waals surface area (Å²) in [6.45, 7) is 10.1. The Bertz CT molecular complexity index is 1180. The van der Waals surface area contributed by atoms with Crippen molar-refractivity contribution in [3.63, 3.8) is 0 Å². The minimum Gasteiger partial charge on any atom is -0.457 e. The molecule has 0 bridgehead atoms. The summed E-state index contributed by atoms with van der Waals surface area (Å²) < 4.78 is 5.99. The summed E-state index contributed by atoms with van der Waals surface area (Å²) in [7, 11) is 0. The summed E-state index contributed by atoms with van der Waals surface area (Å²) >= 11 is 0. The van der Waals surface area contributed by atoms with Gasteiger partial charge in [0.25, 0.3) is 5.91 Å². The number of hydrogen-bond acceptors (Lipinski definition) is 4. The molecule has 2 aromatic carbocycles. The van der Waals surface area contributed by atoms with Gasteiger partial charge in [0.1, 0.15) is 17.5 Å². The molecule has 2 N–H and O–H groups in total. The van der Waals surface area contributed by atoms with Crippen LogP contribution in [0, 0.1) is 5.92 Å². The number of urea groups is 1. The third-order valence-corrected chi connectivity index (χ3v) is 6.40. The van der Waals surface area contributed by atoms with Crippen LogP contribution in [0.15, 0.2) is 65.9 Å². The summed E-state index contributed by atoms with van der Waals surface area (Å²) in [6, 6.07) is 15.2. The van der Waals surface area contributed by atoms with Crippen molar-refractivity contribution in [3.05, 3.63) is 71.4 Å². The number of amides is 4. The van der Waals surface area contributed by atoms with Crippen molar-refractivity contribution in [3.8, 4) is 11.5 Å². The number of nitrogens with zero attached hydrogens (tertiary/aromatic N) is 2. The molecule has 2 aliphatic heterocycles. The molecule has 2 aromatic rings. The van der Waals surface area contributed by atoms with Crippen LogP contribution in [0.2, 0.25) is 0 Å². The SMILES string of the molecule is CCN1C(=O)NC(c2cccc(Oc3ccccc3)c2)C2=C1CN(C(C(=O)NC(C)C)C(C)C)C2=O. The molecule has 36 heavy (non-hydrogen) atoms. The minimum absolute atomic E-state index is 0.0467. The molecule has 0 saturated carbocycles. The maximum atomic E-state index is 13.9. The summed E-state index contributed by atoms with van der Waals surface area (Å²) in [5, 5.41) is 5.95. The molecular weight excluding hydrogens is 456 g/mol. The molecule has 8 heteroatoms. The van der Waals surface area contributed by atoms with Crippen molar-refractivity contribution < 1.29 is 19.1 Å². The Kier molecular flexibility index (Phi) is 7.33. The summed E-state index contributed by atoms with van der Waals surface area (Å²) in [4.78, 5) is 43.2. The molecule has 0 aliphatic carbocycles. The van der Waals surface area contributed by atoms with Crippen LogP contribution >= 0.6 is 0 Å². The molecule has 8 nitrogen and oxygen atoms in total. The number of nitrogens with one attached hydrogen (secondary N) is 2. The van der Waals surface area contributed by atoms with Crippen molar-refractivity contribution >= 4 is 17.8 Å². The lowest BCUT2D eigenvalue weighted by molar-refractivity contribution is -0.138. The van der Waals surface area contributed by atoms with E-state index in [9.17, 15) is 14.4 Å². The maximum absolute atomic E-state index is 13.9. The average molecular weight is 491 g/mol. The van der Waals surface area contributed by atoms with Crippen molar-refractivity contribution in [2.75, 3.05) is 13.1 Å². The average Bonchev–Trinajstić information content (AvgIpc) is 3.15. The highest BCUT2D eigenvalue weighted by atomic mass is 16.5. The molecule has 190 valence electrons. The molecule has 0 saturated heterocycles. The normalized spacial score (nSPS) is 18.5. The van der Waals surface area contributed by atoms with Crippen LogP contribution in [0.5, 0.6) is 11.5 Å². The second-order valence-electron chi connectivity index (χ2n) is 9.76. The highest BCUT2D eigenvalue weighted by molar-refractivity contribution is 6.03. The lowest BCUT2D eigenvalue weighted by Gasteiger charge is -2.33. The van der Waals surface area contributed by atoms with Gasteiger partial charge in [-0.3, -0.25) is 14.5 Å². The molecule has 4 amide bonds. The zero-order valence-corrected chi connectivity index (χ0v) is 21.4. The van der Waals surface area contributed by atoms with E-state index in [1.165, 1.54) is 0 Å². The largest absolute Gasteiger partial charge is 0.457 e. The highest BCUT2D eigenvalue weighted by Crippen LogP contribution is 2.38. The first kappa shape index (κ1) is 25.3. The zero-order valence-electron chi connectivity index (χ0n) is 21.4. The van der Waals surface area contributed by atoms with Gasteiger partial charge in [0, 0.05) is 12.6 Å². The minimum atomic E-state index is -0.646. The van der Waals surface area contributed by atoms with Crippen molar-refractivity contribution in [2.24, 2.45) is 5.92 Å². The number of para-hydroxylation sites is 1. The predicted octanol–water partition coefficient (Wildman–Crippen LogP) is 4.21. The van der Waals surface area contributed by atoms with E-state index in [0.29, 0.717) is 29.3 Å². The van der Waals surface area contributed by atoms with Gasteiger partial charge in [-0.1, -0.05) is 44.2 Å². The maximum Gasteiger partial charge on any atom is 0.322 e. The molecular formula is C28H34N4O4. The van der Waals surface area contributed by atoms with E-state index in [-0.39, 0.29) is 36.3 Å². The lowest BCUT2D eigenvalue weighted by Crippen LogP contribution is -2.52. The standard InChI is InChI=1S/C28H34N4O4/c1-6-31-22-16-32(25(17(2)3)26(33)29-18(4)5)27(34)23(22)24(30-28(31)35)19-11-10-14-21(15-19)36-20-12-8-7-9-13-20/h7-15,17-18,24-25H,6,16H2,1-5H3,(H,29,33)(H,30,35). The van der Waals surface area contributed by atoms with Crippen LogP contribution in [-0.4, -0.2) is 52.8 Å². The lowest BCUT2D eigenvalue weighted by atomic mass is 9.95. The Labute approximate surface area is 212 Å². The molecule has 0 radical (unpaired) electrons. The van der Waals surface area contributed by atoms with E-state index in [1.807, 2.05) is 89.2 Å². The Morgan fingerprint density at radius 2 is 1.75 bits per heavy atom. The Balaban J connectivity index is 1.69. The number of benzene rings is 2. The molecule has 0 spiro atoms. The quantitative estimate of drug-likeness (QED) is 0.580. The number of carbonyl (C=O) groups is 3. The van der Waals surface area contributed by atoms with Crippen LogP contribution in [-0.2, 0) is 9.59 Å². The van der Waals surface area contributed by atoms with Gasteiger partial charge >= 0.3 is 6.03 Å². The smallest absolute Gasteiger partial charge is 0.322 e. The Hall–Kier alpha value is -3.81. The van der Waals surface area contributed by atoms with Gasteiger partial charge in [-0.2, -0.15) is 0 Å². The number of carbonyl (C=O) groups excluding carboxylic acids is 3. The highest BCUT2D eigenvalue weighted by Gasteiger charge is 2.47. The fourth-order valence-corrected chi connectivity index (χ4v) is 4.88. The van der Waals surface area contributed by atoms with Crippen LogP contribution in [0.1, 0.15) is 46.2 Å². The van der Waals surface area contributed by atoms with E-state index < -0.39 is 12.1 Å². The molecule has 2 heterocycles. The van der Waals surface area contributed by atoms with Crippen molar-refractivity contribution in [1.82, 2.24) is 20.4 Å². The van der Waals surface area contributed by atoms with E-state index in [4.69, 9.17) is 4.74 Å². The Morgan fingerprint density at radius 1 is 1.06 bits per heavy atom. The van der Waals surface area contributed by atoms with Gasteiger partial charge in [-0.15, -0.1) is 0 Å². The van der Waals surface area contributed by atoms with Crippen molar-refractivity contribution in [2.45, 2.75) is 52.7 Å². The Morgan fingerprint density at radius 3 is 2.39 bits per heavy atom. The number of ether oxygens (including phenoxy) is 1. The van der Waals surface area contributed by atoms with Crippen LogP contribution in [0.3, 0.4) is 0 Å². The molecule has 2 unspecified atom stereocenters. The molecule has 4 rings (SSSR count). The van der Waals surface area contributed by atoms with E-state index in [1.54, 1.807) is 9.80 Å². The monoisotopic (exact) mass is 490 g/mol. The molecule has 0 fully saturated rings. The summed E-state index contributed by atoms with van der Waals surface area (Å²) in [6.07, 6.45) is 0. The second kappa shape index (κ2) is 10.4. The van der Waals surface area contributed by atoms with Gasteiger partial charge in [-0.05, 0) is 56.5 Å².